The van der Waals surface area contributed by atoms with Crippen LogP contribution in [0.15, 0.2) is 66.9 Å². The molecule has 1 saturated heterocycles. The molecule has 13 heteroatoms. The Bertz CT molecular complexity index is 1800. The van der Waals surface area contributed by atoms with E-state index in [1.807, 2.05) is 13.0 Å². The smallest absolute Gasteiger partial charge is 0.338 e. The number of aromatic nitrogens is 1. The standard InChI is InChI=1S/C35H38FN5O6S/c1-23-6-4-7-24(18-23)29(42)22-34(43)38-35(44)41(48)25-8-9-31(27(36)19-25)47-30-10-11-37-28-21-33(32(45-3)20-26(28)30)46-17-5-12-40-15-13-39(2)14-16-40/h4,6-11,18-21,48H,5,12-17,22H2,1-3H3,(H,38,43,44). The SMILES string of the molecule is COc1cc2c(Oc3ccc(N(S)C(=O)NC(=O)CC(=O)c4cccc(C)c4)cc3F)ccnc2cc1OCCCN1CCN(C)CC1. The van der Waals surface area contributed by atoms with Crippen LogP contribution in [0.25, 0.3) is 10.9 Å². The minimum absolute atomic E-state index is 0.0363. The number of ether oxygens (including phenoxy) is 3. The molecule has 11 nitrogen and oxygen atoms in total. The highest BCUT2D eigenvalue weighted by atomic mass is 32.1. The second kappa shape index (κ2) is 15.9. The fourth-order valence-electron chi connectivity index (χ4n) is 5.25. The molecule has 0 bridgehead atoms. The van der Waals surface area contributed by atoms with Gasteiger partial charge < -0.3 is 24.0 Å². The quantitative estimate of drug-likeness (QED) is 0.0850. The number of hydrogen-bond acceptors (Lipinski definition) is 10. The molecule has 2 heterocycles. The Kier molecular flexibility index (Phi) is 11.5. The number of amides is 3. The highest BCUT2D eigenvalue weighted by molar-refractivity contribution is 7.82. The Labute approximate surface area is 284 Å². The fraction of sp³-hybridized carbons (Fsp3) is 0.314. The summed E-state index contributed by atoms with van der Waals surface area (Å²) in [7, 11) is 3.68. The van der Waals surface area contributed by atoms with Crippen molar-refractivity contribution in [1.29, 1.82) is 0 Å². The first kappa shape index (κ1) is 34.6. The molecule has 4 aromatic rings. The van der Waals surface area contributed by atoms with E-state index < -0.39 is 30.0 Å². The first-order valence-electron chi connectivity index (χ1n) is 15.5. The molecule has 1 fully saturated rings. The molecule has 1 aliphatic rings. The summed E-state index contributed by atoms with van der Waals surface area (Å²) in [5, 5.41) is 2.68. The number of hydrogen-bond donors (Lipinski definition) is 2. The summed E-state index contributed by atoms with van der Waals surface area (Å²) < 4.78 is 33.6. The van der Waals surface area contributed by atoms with Crippen LogP contribution in [0.1, 0.15) is 28.8 Å². The number of methoxy groups -OCH3 is 1. The zero-order valence-corrected chi connectivity index (χ0v) is 28.0. The normalized spacial score (nSPS) is 13.6. The molecule has 1 N–H and O–H groups in total. The van der Waals surface area contributed by atoms with Crippen LogP contribution in [-0.4, -0.2) is 86.0 Å². The van der Waals surface area contributed by atoms with E-state index in [4.69, 9.17) is 14.2 Å². The van der Waals surface area contributed by atoms with E-state index in [0.717, 1.165) is 55.1 Å². The molecule has 252 valence electrons. The van der Waals surface area contributed by atoms with Gasteiger partial charge in [0.2, 0.25) is 5.91 Å². The lowest BCUT2D eigenvalue weighted by Gasteiger charge is -2.32. The van der Waals surface area contributed by atoms with E-state index in [-0.39, 0.29) is 11.4 Å². The van der Waals surface area contributed by atoms with Gasteiger partial charge in [-0.2, -0.15) is 0 Å². The summed E-state index contributed by atoms with van der Waals surface area (Å²) >= 11 is 4.12. The van der Waals surface area contributed by atoms with Crippen molar-refractivity contribution in [3.63, 3.8) is 0 Å². The highest BCUT2D eigenvalue weighted by Crippen LogP contribution is 2.38. The molecule has 0 aliphatic carbocycles. The van der Waals surface area contributed by atoms with Crippen LogP contribution in [-0.2, 0) is 4.79 Å². The van der Waals surface area contributed by atoms with Gasteiger partial charge in [-0.15, -0.1) is 0 Å². The second-order valence-electron chi connectivity index (χ2n) is 11.5. The predicted octanol–water partition coefficient (Wildman–Crippen LogP) is 5.66. The number of carbonyl (C=O) groups excluding carboxylic acids is 3. The number of Topliss-reactive ketones (excluding diaryl/α,β-unsaturated/α-hetero) is 1. The molecule has 0 unspecified atom stereocenters. The average Bonchev–Trinajstić information content (AvgIpc) is 3.07. The number of aryl methyl sites for hydroxylation is 1. The molecule has 3 amide bonds. The number of pyridine rings is 1. The molecule has 3 aromatic carbocycles. The number of imide groups is 1. The van der Waals surface area contributed by atoms with Crippen LogP contribution in [0.2, 0.25) is 0 Å². The number of halogens is 1. The minimum atomic E-state index is -0.946. The van der Waals surface area contributed by atoms with E-state index in [9.17, 15) is 14.4 Å². The number of carbonyl (C=O) groups is 3. The molecule has 5 rings (SSSR count). The van der Waals surface area contributed by atoms with Gasteiger partial charge in [-0.3, -0.25) is 19.9 Å². The highest BCUT2D eigenvalue weighted by Gasteiger charge is 2.21. The first-order valence-corrected chi connectivity index (χ1v) is 15.9. The van der Waals surface area contributed by atoms with Crippen LogP contribution < -0.4 is 23.8 Å². The molecular formula is C35H38FN5O6S. The number of nitrogens with one attached hydrogen (secondary N) is 1. The summed E-state index contributed by atoms with van der Waals surface area (Å²) in [6.45, 7) is 7.53. The molecule has 0 saturated carbocycles. The number of benzene rings is 3. The molecule has 48 heavy (non-hydrogen) atoms. The van der Waals surface area contributed by atoms with Crippen molar-refractivity contribution >= 4 is 47.1 Å². The van der Waals surface area contributed by atoms with Crippen molar-refractivity contribution in [1.82, 2.24) is 20.1 Å². The maximum Gasteiger partial charge on any atom is 0.338 e. The number of urea groups is 1. The van der Waals surface area contributed by atoms with Crippen molar-refractivity contribution in [2.45, 2.75) is 19.8 Å². The minimum Gasteiger partial charge on any atom is -0.493 e. The van der Waals surface area contributed by atoms with Crippen molar-refractivity contribution in [2.75, 3.05) is 57.8 Å². The lowest BCUT2D eigenvalue weighted by atomic mass is 10.1. The number of nitrogens with zero attached hydrogens (tertiary/aromatic N) is 4. The molecule has 1 aromatic heterocycles. The van der Waals surface area contributed by atoms with Crippen LogP contribution >= 0.6 is 12.8 Å². The number of fused-ring (bicyclic) bond motifs is 1. The summed E-state index contributed by atoms with van der Waals surface area (Å²) in [4.78, 5) is 46.6. The van der Waals surface area contributed by atoms with Gasteiger partial charge in [0.05, 0.1) is 31.3 Å². The van der Waals surface area contributed by atoms with Gasteiger partial charge in [-0.1, -0.05) is 36.6 Å². The topological polar surface area (TPSA) is 114 Å². The second-order valence-corrected chi connectivity index (χ2v) is 11.9. The number of thiol groups is 1. The summed E-state index contributed by atoms with van der Waals surface area (Å²) in [6, 6.07) is 14.7. The van der Waals surface area contributed by atoms with Crippen molar-refractivity contribution < 1.29 is 33.0 Å². The first-order chi connectivity index (χ1) is 23.1. The van der Waals surface area contributed by atoms with Crippen molar-refractivity contribution in [3.8, 4) is 23.0 Å². The third-order valence-corrected chi connectivity index (χ3v) is 8.35. The van der Waals surface area contributed by atoms with Crippen LogP contribution in [0, 0.1) is 12.7 Å². The summed E-state index contributed by atoms with van der Waals surface area (Å²) in [5.41, 5.74) is 1.84. The zero-order valence-electron chi connectivity index (χ0n) is 27.1. The molecular weight excluding hydrogens is 637 g/mol. The average molecular weight is 676 g/mol. The Morgan fingerprint density at radius 1 is 0.979 bits per heavy atom. The Balaban J connectivity index is 1.20. The van der Waals surface area contributed by atoms with Gasteiger partial charge in [0.15, 0.2) is 28.8 Å². The van der Waals surface area contributed by atoms with Gasteiger partial charge in [0, 0.05) is 62.0 Å². The van der Waals surface area contributed by atoms with Gasteiger partial charge in [0.1, 0.15) is 5.75 Å². The number of piperazine rings is 1. The monoisotopic (exact) mass is 675 g/mol. The van der Waals surface area contributed by atoms with Crippen molar-refractivity contribution in [2.24, 2.45) is 0 Å². The number of ketones is 1. The van der Waals surface area contributed by atoms with E-state index >= 15 is 4.39 Å². The molecule has 0 spiro atoms. The van der Waals surface area contributed by atoms with Gasteiger partial charge in [0.25, 0.3) is 0 Å². The predicted molar refractivity (Wildman–Crippen MR) is 184 cm³/mol. The summed E-state index contributed by atoms with van der Waals surface area (Å²) in [5.74, 6) is -0.782. The molecule has 0 radical (unpaired) electrons. The van der Waals surface area contributed by atoms with Crippen molar-refractivity contribution in [3.05, 3.63) is 83.8 Å². The van der Waals surface area contributed by atoms with Gasteiger partial charge in [-0.05, 0) is 50.7 Å². The van der Waals surface area contributed by atoms with E-state index in [1.165, 1.54) is 12.1 Å². The summed E-state index contributed by atoms with van der Waals surface area (Å²) in [6.07, 6.45) is 1.88. The van der Waals surface area contributed by atoms with E-state index in [0.29, 0.717) is 40.3 Å². The maximum absolute atomic E-state index is 15.3. The maximum atomic E-state index is 15.3. The Morgan fingerprint density at radius 3 is 2.50 bits per heavy atom. The van der Waals surface area contributed by atoms with E-state index in [1.54, 1.807) is 49.7 Å². The van der Waals surface area contributed by atoms with Crippen LogP contribution in [0.3, 0.4) is 0 Å². The Morgan fingerprint density at radius 2 is 1.77 bits per heavy atom. The lowest BCUT2D eigenvalue weighted by Crippen LogP contribution is -2.44. The van der Waals surface area contributed by atoms with Crippen LogP contribution in [0.4, 0.5) is 14.9 Å². The van der Waals surface area contributed by atoms with Gasteiger partial charge in [-0.25, -0.2) is 13.5 Å². The molecule has 1 aliphatic heterocycles. The fourth-order valence-corrected chi connectivity index (χ4v) is 5.43. The third-order valence-electron chi connectivity index (χ3n) is 7.94. The lowest BCUT2D eigenvalue weighted by molar-refractivity contribution is -0.119. The van der Waals surface area contributed by atoms with Crippen LogP contribution in [0.5, 0.6) is 23.0 Å². The number of likely N-dealkylation sites (N-methyl/N-ethyl adjacent to an activating group) is 1. The largest absolute Gasteiger partial charge is 0.493 e. The van der Waals surface area contributed by atoms with Gasteiger partial charge >= 0.3 is 6.03 Å². The zero-order chi connectivity index (χ0) is 34.2. The number of anilines is 1. The Hall–Kier alpha value is -4.72. The third kappa shape index (κ3) is 8.79. The molecule has 0 atom stereocenters. The van der Waals surface area contributed by atoms with E-state index in [2.05, 4.69) is 40.0 Å². The number of rotatable bonds is 12.